The maximum Gasteiger partial charge on any atom is 0.227 e. The average Bonchev–Trinajstić information content (AvgIpc) is 2.48. The summed E-state index contributed by atoms with van der Waals surface area (Å²) in [5.74, 6) is 0.599. The highest BCUT2D eigenvalue weighted by Crippen LogP contribution is 2.24. The molecule has 0 radical (unpaired) electrons. The quantitative estimate of drug-likeness (QED) is 0.852. The Kier molecular flexibility index (Phi) is 5.85. The van der Waals surface area contributed by atoms with Crippen LogP contribution in [0, 0.1) is 5.92 Å². The molecule has 0 aromatic rings. The van der Waals surface area contributed by atoms with Crippen molar-refractivity contribution in [1.29, 1.82) is 0 Å². The molecular formula is C16H31N3O. The van der Waals surface area contributed by atoms with E-state index in [0.29, 0.717) is 18.0 Å². The summed E-state index contributed by atoms with van der Waals surface area (Å²) in [6.45, 7) is 11.6. The van der Waals surface area contributed by atoms with Gasteiger partial charge in [0.25, 0.3) is 0 Å². The second kappa shape index (κ2) is 7.41. The Bertz CT molecular complexity index is 313. The maximum atomic E-state index is 12.7. The zero-order valence-corrected chi connectivity index (χ0v) is 13.4. The molecule has 4 heteroatoms. The van der Waals surface area contributed by atoms with E-state index in [1.807, 2.05) is 4.90 Å². The van der Waals surface area contributed by atoms with Gasteiger partial charge in [-0.05, 0) is 66.1 Å². The number of nitrogens with zero attached hydrogens (tertiary/aromatic N) is 2. The topological polar surface area (TPSA) is 35.6 Å². The van der Waals surface area contributed by atoms with Crippen molar-refractivity contribution in [3.63, 3.8) is 0 Å². The van der Waals surface area contributed by atoms with Gasteiger partial charge in [0.15, 0.2) is 0 Å². The van der Waals surface area contributed by atoms with E-state index in [4.69, 9.17) is 0 Å². The van der Waals surface area contributed by atoms with Crippen molar-refractivity contribution in [3.05, 3.63) is 0 Å². The third-order valence-corrected chi connectivity index (χ3v) is 4.87. The molecule has 2 heterocycles. The summed E-state index contributed by atoms with van der Waals surface area (Å²) in [5, 5.41) is 3.43. The fraction of sp³-hybridized carbons (Fsp3) is 0.938. The predicted molar refractivity (Wildman–Crippen MR) is 82.7 cm³/mol. The SMILES string of the molecule is CCN(C(=O)C1CCCN(C2CCNCC2)C1)C(C)C. The molecule has 20 heavy (non-hydrogen) atoms. The summed E-state index contributed by atoms with van der Waals surface area (Å²) in [6, 6.07) is 1.02. The van der Waals surface area contributed by atoms with Crippen LogP contribution in [0.3, 0.4) is 0 Å². The van der Waals surface area contributed by atoms with Crippen molar-refractivity contribution in [1.82, 2.24) is 15.1 Å². The van der Waals surface area contributed by atoms with Gasteiger partial charge in [-0.2, -0.15) is 0 Å². The molecule has 1 amide bonds. The molecule has 2 fully saturated rings. The van der Waals surface area contributed by atoms with Crippen LogP contribution in [-0.4, -0.2) is 60.5 Å². The van der Waals surface area contributed by atoms with Crippen molar-refractivity contribution in [2.45, 2.75) is 58.5 Å². The predicted octanol–water partition coefficient (Wildman–Crippen LogP) is 1.71. The Morgan fingerprint density at radius 2 is 2.00 bits per heavy atom. The van der Waals surface area contributed by atoms with Gasteiger partial charge in [-0.1, -0.05) is 0 Å². The van der Waals surface area contributed by atoms with Crippen LogP contribution in [-0.2, 0) is 4.79 Å². The van der Waals surface area contributed by atoms with Crippen molar-refractivity contribution in [2.75, 3.05) is 32.7 Å². The summed E-state index contributed by atoms with van der Waals surface area (Å²) in [5.41, 5.74) is 0. The molecule has 4 nitrogen and oxygen atoms in total. The number of piperidine rings is 2. The van der Waals surface area contributed by atoms with E-state index in [1.54, 1.807) is 0 Å². The van der Waals surface area contributed by atoms with E-state index < -0.39 is 0 Å². The van der Waals surface area contributed by atoms with Gasteiger partial charge in [-0.15, -0.1) is 0 Å². The molecular weight excluding hydrogens is 250 g/mol. The number of amides is 1. The van der Waals surface area contributed by atoms with Crippen molar-refractivity contribution < 1.29 is 4.79 Å². The molecule has 0 saturated carbocycles. The first-order chi connectivity index (χ1) is 9.63. The number of hydrogen-bond donors (Lipinski definition) is 1. The number of carbonyl (C=O) groups excluding carboxylic acids is 1. The lowest BCUT2D eigenvalue weighted by atomic mass is 9.93. The van der Waals surface area contributed by atoms with Crippen LogP contribution < -0.4 is 5.32 Å². The van der Waals surface area contributed by atoms with E-state index in [-0.39, 0.29) is 5.92 Å². The monoisotopic (exact) mass is 281 g/mol. The van der Waals surface area contributed by atoms with Gasteiger partial charge in [-0.25, -0.2) is 0 Å². The molecule has 1 atom stereocenters. The fourth-order valence-corrected chi connectivity index (χ4v) is 3.72. The molecule has 2 aliphatic heterocycles. The first-order valence-electron chi connectivity index (χ1n) is 8.38. The molecule has 0 aromatic heterocycles. The van der Waals surface area contributed by atoms with Crippen LogP contribution in [0.15, 0.2) is 0 Å². The van der Waals surface area contributed by atoms with Gasteiger partial charge in [0.2, 0.25) is 5.91 Å². The van der Waals surface area contributed by atoms with E-state index in [2.05, 4.69) is 31.0 Å². The average molecular weight is 281 g/mol. The molecule has 2 aliphatic rings. The van der Waals surface area contributed by atoms with Crippen LogP contribution in [0.25, 0.3) is 0 Å². The lowest BCUT2D eigenvalue weighted by molar-refractivity contribution is -0.139. The van der Waals surface area contributed by atoms with Crippen molar-refractivity contribution >= 4 is 5.91 Å². The Morgan fingerprint density at radius 3 is 2.60 bits per heavy atom. The summed E-state index contributed by atoms with van der Waals surface area (Å²) >= 11 is 0. The van der Waals surface area contributed by atoms with Crippen LogP contribution in [0.4, 0.5) is 0 Å². The molecule has 2 rings (SSSR count). The summed E-state index contributed by atoms with van der Waals surface area (Å²) < 4.78 is 0. The lowest BCUT2D eigenvalue weighted by Gasteiger charge is -2.41. The number of nitrogens with one attached hydrogen (secondary N) is 1. The normalized spacial score (nSPS) is 25.9. The first kappa shape index (κ1) is 15.8. The maximum absolute atomic E-state index is 12.7. The Labute approximate surface area is 123 Å². The van der Waals surface area contributed by atoms with Crippen LogP contribution in [0.1, 0.15) is 46.5 Å². The fourth-order valence-electron chi connectivity index (χ4n) is 3.72. The lowest BCUT2D eigenvalue weighted by Crippen LogP contribution is -2.51. The van der Waals surface area contributed by atoms with Crippen LogP contribution >= 0.6 is 0 Å². The second-order valence-corrected chi connectivity index (χ2v) is 6.53. The van der Waals surface area contributed by atoms with E-state index >= 15 is 0 Å². The summed E-state index contributed by atoms with van der Waals surface area (Å²) in [6.07, 6.45) is 4.73. The minimum atomic E-state index is 0.223. The minimum absolute atomic E-state index is 0.223. The number of carbonyl (C=O) groups is 1. The zero-order valence-electron chi connectivity index (χ0n) is 13.4. The third-order valence-electron chi connectivity index (χ3n) is 4.87. The van der Waals surface area contributed by atoms with Gasteiger partial charge >= 0.3 is 0 Å². The highest BCUT2D eigenvalue weighted by atomic mass is 16.2. The second-order valence-electron chi connectivity index (χ2n) is 6.53. The van der Waals surface area contributed by atoms with E-state index in [1.165, 1.54) is 25.8 Å². The number of rotatable bonds is 4. The molecule has 1 unspecified atom stereocenters. The number of hydrogen-bond acceptors (Lipinski definition) is 3. The van der Waals surface area contributed by atoms with Gasteiger partial charge in [0, 0.05) is 25.2 Å². The highest BCUT2D eigenvalue weighted by molar-refractivity contribution is 5.79. The largest absolute Gasteiger partial charge is 0.340 e. The van der Waals surface area contributed by atoms with E-state index in [0.717, 1.165) is 32.6 Å². The van der Waals surface area contributed by atoms with Gasteiger partial charge < -0.3 is 10.2 Å². The molecule has 0 bridgehead atoms. The Hall–Kier alpha value is -0.610. The Morgan fingerprint density at radius 1 is 1.30 bits per heavy atom. The van der Waals surface area contributed by atoms with Crippen molar-refractivity contribution in [2.24, 2.45) is 5.92 Å². The number of likely N-dealkylation sites (tertiary alicyclic amines) is 1. The molecule has 2 saturated heterocycles. The van der Waals surface area contributed by atoms with Crippen molar-refractivity contribution in [3.8, 4) is 0 Å². The molecule has 1 N–H and O–H groups in total. The molecule has 0 aromatic carbocycles. The molecule has 0 spiro atoms. The summed E-state index contributed by atoms with van der Waals surface area (Å²) in [4.78, 5) is 17.3. The minimum Gasteiger partial charge on any atom is -0.340 e. The van der Waals surface area contributed by atoms with Gasteiger partial charge in [0.05, 0.1) is 5.92 Å². The molecule has 0 aliphatic carbocycles. The standard InChI is InChI=1S/C16H31N3O/c1-4-19(13(2)3)16(20)14-6-5-11-18(12-14)15-7-9-17-10-8-15/h13-15,17H,4-12H2,1-3H3. The Balaban J connectivity index is 1.93. The van der Waals surface area contributed by atoms with E-state index in [9.17, 15) is 4.79 Å². The van der Waals surface area contributed by atoms with Crippen LogP contribution in [0.2, 0.25) is 0 Å². The third kappa shape index (κ3) is 3.73. The summed E-state index contributed by atoms with van der Waals surface area (Å²) in [7, 11) is 0. The zero-order chi connectivity index (χ0) is 14.5. The highest BCUT2D eigenvalue weighted by Gasteiger charge is 2.32. The van der Waals surface area contributed by atoms with Crippen LogP contribution in [0.5, 0.6) is 0 Å². The van der Waals surface area contributed by atoms with Gasteiger partial charge in [-0.3, -0.25) is 9.69 Å². The smallest absolute Gasteiger partial charge is 0.227 e. The van der Waals surface area contributed by atoms with Gasteiger partial charge in [0.1, 0.15) is 0 Å². The first-order valence-corrected chi connectivity index (χ1v) is 8.38. The molecule has 116 valence electrons.